The van der Waals surface area contributed by atoms with Gasteiger partial charge in [-0.2, -0.15) is 0 Å². The topological polar surface area (TPSA) is 114 Å². The van der Waals surface area contributed by atoms with Gasteiger partial charge in [-0.1, -0.05) is 25.4 Å². The van der Waals surface area contributed by atoms with E-state index in [4.69, 9.17) is 16.3 Å². The lowest BCUT2D eigenvalue weighted by molar-refractivity contribution is -0.118. The van der Waals surface area contributed by atoms with E-state index in [1.165, 1.54) is 19.2 Å². The van der Waals surface area contributed by atoms with Gasteiger partial charge >= 0.3 is 0 Å². The first-order valence-electron chi connectivity index (χ1n) is 11.3. The number of rotatable bonds is 10. The van der Waals surface area contributed by atoms with Crippen molar-refractivity contribution in [1.29, 1.82) is 0 Å². The Hall–Kier alpha value is -3.63. The van der Waals surface area contributed by atoms with Crippen LogP contribution < -0.4 is 20.1 Å². The molecule has 0 heterocycles. The van der Waals surface area contributed by atoms with Crippen LogP contribution in [0.15, 0.2) is 71.6 Å². The average molecular weight is 548 g/mol. The Morgan fingerprint density at radius 2 is 1.65 bits per heavy atom. The van der Waals surface area contributed by atoms with E-state index < -0.39 is 33.7 Å². The third kappa shape index (κ3) is 7.68. The van der Waals surface area contributed by atoms with Crippen LogP contribution in [0, 0.1) is 11.7 Å². The fourth-order valence-electron chi connectivity index (χ4n) is 3.46. The lowest BCUT2D eigenvalue weighted by atomic mass is 10.0. The highest BCUT2D eigenvalue weighted by atomic mass is 35.5. The Labute approximate surface area is 220 Å². The molecule has 0 fully saturated rings. The summed E-state index contributed by atoms with van der Waals surface area (Å²) in [7, 11) is -2.70. The van der Waals surface area contributed by atoms with Gasteiger partial charge < -0.3 is 15.4 Å². The van der Waals surface area contributed by atoms with E-state index in [2.05, 4.69) is 15.4 Å². The first-order chi connectivity index (χ1) is 17.5. The highest BCUT2D eigenvalue weighted by molar-refractivity contribution is 7.92. The number of anilines is 2. The zero-order chi connectivity index (χ0) is 27.2. The van der Waals surface area contributed by atoms with E-state index in [0.717, 1.165) is 24.3 Å². The van der Waals surface area contributed by atoms with E-state index in [1.807, 2.05) is 13.8 Å². The second kappa shape index (κ2) is 12.1. The van der Waals surface area contributed by atoms with Crippen LogP contribution in [0.25, 0.3) is 0 Å². The number of methoxy groups -OCH3 is 1. The number of nitrogens with one attached hydrogen (secondary N) is 3. The van der Waals surface area contributed by atoms with Gasteiger partial charge in [0.2, 0.25) is 5.91 Å². The third-order valence-corrected chi connectivity index (χ3v) is 6.90. The van der Waals surface area contributed by atoms with Crippen LogP contribution in [0.1, 0.15) is 30.6 Å². The van der Waals surface area contributed by atoms with Crippen LogP contribution in [0.4, 0.5) is 15.8 Å². The number of carbonyl (C=O) groups excluding carboxylic acids is 2. The normalized spacial score (nSPS) is 12.1. The van der Waals surface area contributed by atoms with E-state index >= 15 is 0 Å². The summed E-state index contributed by atoms with van der Waals surface area (Å²) in [6.45, 7) is 3.84. The third-order valence-electron chi connectivity index (χ3n) is 5.27. The quantitative estimate of drug-likeness (QED) is 0.328. The first kappa shape index (κ1) is 27.9. The zero-order valence-electron chi connectivity index (χ0n) is 20.4. The van der Waals surface area contributed by atoms with Crippen molar-refractivity contribution in [3.05, 3.63) is 83.1 Å². The molecule has 3 N–H and O–H groups in total. The van der Waals surface area contributed by atoms with Crippen LogP contribution in [-0.4, -0.2) is 33.4 Å². The van der Waals surface area contributed by atoms with Crippen LogP contribution in [0.2, 0.25) is 5.02 Å². The smallest absolute Gasteiger partial charge is 0.262 e. The summed E-state index contributed by atoms with van der Waals surface area (Å²) < 4.78 is 46.5. The summed E-state index contributed by atoms with van der Waals surface area (Å²) in [6, 6.07) is 14.2. The molecule has 3 rings (SSSR count). The molecule has 0 aliphatic rings. The van der Waals surface area contributed by atoms with Crippen molar-refractivity contribution >= 4 is 44.8 Å². The Kier molecular flexibility index (Phi) is 9.12. The number of hydrogen-bond acceptors (Lipinski definition) is 5. The van der Waals surface area contributed by atoms with Gasteiger partial charge in [0.1, 0.15) is 17.6 Å². The van der Waals surface area contributed by atoms with E-state index in [-0.39, 0.29) is 27.9 Å². The predicted octanol–water partition coefficient (Wildman–Crippen LogP) is 5.07. The molecule has 0 aromatic heterocycles. The maximum Gasteiger partial charge on any atom is 0.262 e. The lowest BCUT2D eigenvalue weighted by Gasteiger charge is -2.21. The highest BCUT2D eigenvalue weighted by Crippen LogP contribution is 2.30. The van der Waals surface area contributed by atoms with Crippen LogP contribution in [0.3, 0.4) is 0 Å². The van der Waals surface area contributed by atoms with E-state index in [1.54, 1.807) is 30.3 Å². The maximum atomic E-state index is 13.2. The largest absolute Gasteiger partial charge is 0.495 e. The van der Waals surface area contributed by atoms with Crippen molar-refractivity contribution in [3.63, 3.8) is 0 Å². The van der Waals surface area contributed by atoms with Crippen LogP contribution >= 0.6 is 11.6 Å². The fraction of sp³-hybridized carbons (Fsp3) is 0.231. The van der Waals surface area contributed by atoms with Gasteiger partial charge in [0.05, 0.1) is 17.7 Å². The molecule has 11 heteroatoms. The molecule has 0 spiro atoms. The predicted molar refractivity (Wildman–Crippen MR) is 141 cm³/mol. The second-order valence-electron chi connectivity index (χ2n) is 8.63. The molecule has 0 aliphatic carbocycles. The molecule has 0 radical (unpaired) electrons. The lowest BCUT2D eigenvalue weighted by Crippen LogP contribution is -2.44. The summed E-state index contributed by atoms with van der Waals surface area (Å²) >= 11 is 5.88. The number of hydrogen-bond donors (Lipinski definition) is 3. The van der Waals surface area contributed by atoms with Gasteiger partial charge in [-0.3, -0.25) is 14.3 Å². The minimum atomic E-state index is -4.07. The Morgan fingerprint density at radius 1 is 1.00 bits per heavy atom. The van der Waals surface area contributed by atoms with Crippen molar-refractivity contribution in [2.45, 2.75) is 31.2 Å². The van der Waals surface area contributed by atoms with Gasteiger partial charge in [-0.05, 0) is 79.1 Å². The highest BCUT2D eigenvalue weighted by Gasteiger charge is 2.24. The van der Waals surface area contributed by atoms with E-state index in [9.17, 15) is 22.4 Å². The minimum absolute atomic E-state index is 0.0650. The molecule has 0 aliphatic heterocycles. The number of benzene rings is 3. The molecule has 8 nitrogen and oxygen atoms in total. The van der Waals surface area contributed by atoms with Gasteiger partial charge in [-0.15, -0.1) is 0 Å². The number of sulfonamides is 1. The molecule has 0 saturated carbocycles. The average Bonchev–Trinajstić information content (AvgIpc) is 2.84. The molecule has 0 bridgehead atoms. The molecule has 196 valence electrons. The van der Waals surface area contributed by atoms with Gasteiger partial charge in [0.25, 0.3) is 15.9 Å². The molecule has 3 aromatic carbocycles. The van der Waals surface area contributed by atoms with Gasteiger partial charge in [0.15, 0.2) is 0 Å². The van der Waals surface area contributed by atoms with Crippen molar-refractivity contribution in [2.24, 2.45) is 5.92 Å². The summed E-state index contributed by atoms with van der Waals surface area (Å²) in [5, 5.41) is 5.95. The van der Waals surface area contributed by atoms with Crippen molar-refractivity contribution < 1.29 is 27.1 Å². The van der Waals surface area contributed by atoms with Crippen molar-refractivity contribution in [3.8, 4) is 5.75 Å². The standard InChI is InChI=1S/C26H27ClFN3O5S/c1-16(2)14-23(30-25(32)17-4-6-18(27)7-5-17)26(33)29-20-10-13-24(36-3)22(15-20)31-37(34,35)21-11-8-19(28)9-12-21/h4-13,15-16,23,31H,14H2,1-3H3,(H,29,33)(H,30,32)/t23-/m1/s1. The maximum absolute atomic E-state index is 13.2. The summed E-state index contributed by atoms with van der Waals surface area (Å²) in [5.41, 5.74) is 0.695. The molecule has 2 amide bonds. The Bertz CT molecular complexity index is 1360. The van der Waals surface area contributed by atoms with E-state index in [0.29, 0.717) is 17.0 Å². The molecule has 37 heavy (non-hydrogen) atoms. The van der Waals surface area contributed by atoms with Crippen LogP contribution in [-0.2, 0) is 14.8 Å². The number of halogens is 2. The second-order valence-corrected chi connectivity index (χ2v) is 10.7. The zero-order valence-corrected chi connectivity index (χ0v) is 22.0. The summed E-state index contributed by atoms with van der Waals surface area (Å²) in [5.74, 6) is -1.18. The number of amides is 2. The molecule has 3 aromatic rings. The molecule has 0 unspecified atom stereocenters. The first-order valence-corrected chi connectivity index (χ1v) is 13.2. The van der Waals surface area contributed by atoms with Crippen LogP contribution in [0.5, 0.6) is 5.75 Å². The SMILES string of the molecule is COc1ccc(NC(=O)[C@@H](CC(C)C)NC(=O)c2ccc(Cl)cc2)cc1NS(=O)(=O)c1ccc(F)cc1. The Balaban J connectivity index is 1.80. The summed E-state index contributed by atoms with van der Waals surface area (Å²) in [6.07, 6.45) is 0.366. The molecule has 1 atom stereocenters. The van der Waals surface area contributed by atoms with Crippen molar-refractivity contribution in [1.82, 2.24) is 5.32 Å². The van der Waals surface area contributed by atoms with Gasteiger partial charge in [-0.25, -0.2) is 12.8 Å². The molecular weight excluding hydrogens is 521 g/mol. The monoisotopic (exact) mass is 547 g/mol. The molecular formula is C26H27ClFN3O5S. The number of carbonyl (C=O) groups is 2. The summed E-state index contributed by atoms with van der Waals surface area (Å²) in [4.78, 5) is 25.7. The van der Waals surface area contributed by atoms with Gasteiger partial charge in [0, 0.05) is 16.3 Å². The number of ether oxygens (including phenoxy) is 1. The Morgan fingerprint density at radius 3 is 2.24 bits per heavy atom. The molecule has 0 saturated heterocycles. The van der Waals surface area contributed by atoms with Crippen molar-refractivity contribution in [2.75, 3.05) is 17.1 Å². The fourth-order valence-corrected chi connectivity index (χ4v) is 4.65. The minimum Gasteiger partial charge on any atom is -0.495 e.